The van der Waals surface area contributed by atoms with Crippen LogP contribution in [0.4, 0.5) is 0 Å². The molecule has 1 N–H and O–H groups in total. The molecule has 192 valence electrons. The van der Waals surface area contributed by atoms with E-state index in [9.17, 15) is 9.90 Å². The van der Waals surface area contributed by atoms with Gasteiger partial charge in [0.25, 0.3) is 0 Å². The van der Waals surface area contributed by atoms with Crippen LogP contribution in [0.15, 0.2) is 46.3 Å². The lowest BCUT2D eigenvalue weighted by Gasteiger charge is -2.64. The zero-order valence-corrected chi connectivity index (χ0v) is 23.0. The SMILES string of the molecule is COC1=C(CC=C(C)C)C(=O)[C@H]2C(OC)(OC)[C@]1(CC=C(C)C)C[C@H](O)[C@@]2(C)CCC=C(C)C. The minimum Gasteiger partial charge on any atom is -0.500 e. The van der Waals surface area contributed by atoms with Crippen LogP contribution in [0.3, 0.4) is 0 Å². The van der Waals surface area contributed by atoms with Crippen LogP contribution in [0.5, 0.6) is 0 Å². The van der Waals surface area contributed by atoms with E-state index in [-0.39, 0.29) is 5.78 Å². The monoisotopic (exact) mass is 474 g/mol. The third kappa shape index (κ3) is 4.72. The standard InChI is InChI=1S/C29H46O5/c1-19(2)12-11-16-27(7)23(30)18-28(17-15-21(5)6)26(32-8)22(14-13-20(3)4)24(31)25(27)29(28,33-9)34-10/h12-13,15,23,25,30H,11,14,16-18H2,1-10H3/t23-,25+,27+,28+/m0/s1. The van der Waals surface area contributed by atoms with E-state index >= 15 is 0 Å². The summed E-state index contributed by atoms with van der Waals surface area (Å²) in [4.78, 5) is 14.3. The van der Waals surface area contributed by atoms with Gasteiger partial charge in [-0.3, -0.25) is 4.79 Å². The molecule has 0 aromatic heterocycles. The third-order valence-corrected chi connectivity index (χ3v) is 7.90. The molecule has 0 saturated heterocycles. The molecule has 0 aromatic rings. The van der Waals surface area contributed by atoms with Crippen LogP contribution in [0, 0.1) is 16.7 Å². The van der Waals surface area contributed by atoms with Crippen molar-refractivity contribution in [2.75, 3.05) is 21.3 Å². The van der Waals surface area contributed by atoms with Gasteiger partial charge in [0.15, 0.2) is 11.6 Å². The molecule has 2 bridgehead atoms. The van der Waals surface area contributed by atoms with Crippen molar-refractivity contribution in [2.45, 2.75) is 92.5 Å². The fourth-order valence-electron chi connectivity index (χ4n) is 6.11. The van der Waals surface area contributed by atoms with Gasteiger partial charge in [-0.25, -0.2) is 0 Å². The highest BCUT2D eigenvalue weighted by Crippen LogP contribution is 2.66. The summed E-state index contributed by atoms with van der Waals surface area (Å²) in [6.45, 7) is 14.3. The number of aliphatic hydroxyl groups is 1. The van der Waals surface area contributed by atoms with Crippen molar-refractivity contribution in [1.29, 1.82) is 0 Å². The van der Waals surface area contributed by atoms with Gasteiger partial charge in [-0.05, 0) is 73.6 Å². The molecule has 0 radical (unpaired) electrons. The number of allylic oxidation sites excluding steroid dienone is 7. The summed E-state index contributed by atoms with van der Waals surface area (Å²) in [6, 6.07) is 0. The van der Waals surface area contributed by atoms with Crippen molar-refractivity contribution < 1.29 is 24.1 Å². The maximum atomic E-state index is 14.3. The van der Waals surface area contributed by atoms with E-state index in [4.69, 9.17) is 14.2 Å². The van der Waals surface area contributed by atoms with Gasteiger partial charge < -0.3 is 19.3 Å². The summed E-state index contributed by atoms with van der Waals surface area (Å²) in [5.74, 6) is -1.40. The highest BCUT2D eigenvalue weighted by atomic mass is 16.7. The number of aliphatic hydroxyl groups excluding tert-OH is 1. The number of hydrogen-bond donors (Lipinski definition) is 1. The Hall–Kier alpha value is -1.69. The topological polar surface area (TPSA) is 65.0 Å². The van der Waals surface area contributed by atoms with E-state index < -0.39 is 28.6 Å². The molecule has 1 fully saturated rings. The Morgan fingerprint density at radius 2 is 1.53 bits per heavy atom. The molecule has 5 nitrogen and oxygen atoms in total. The largest absolute Gasteiger partial charge is 0.500 e. The maximum absolute atomic E-state index is 14.3. The number of Topliss-reactive ketones (excluding diaryl/α,β-unsaturated/α-hetero) is 1. The second-order valence-corrected chi connectivity index (χ2v) is 11.0. The lowest BCUT2D eigenvalue weighted by molar-refractivity contribution is -0.347. The van der Waals surface area contributed by atoms with Gasteiger partial charge in [-0.1, -0.05) is 41.9 Å². The zero-order chi connectivity index (χ0) is 25.9. The van der Waals surface area contributed by atoms with Crippen LogP contribution in [0.2, 0.25) is 0 Å². The van der Waals surface area contributed by atoms with Crippen molar-refractivity contribution in [1.82, 2.24) is 0 Å². The molecule has 34 heavy (non-hydrogen) atoms. The third-order valence-electron chi connectivity index (χ3n) is 7.90. The van der Waals surface area contributed by atoms with Crippen molar-refractivity contribution in [3.63, 3.8) is 0 Å². The molecule has 0 heterocycles. The number of ketones is 1. The van der Waals surface area contributed by atoms with Gasteiger partial charge >= 0.3 is 0 Å². The predicted molar refractivity (Wildman–Crippen MR) is 137 cm³/mol. The Morgan fingerprint density at radius 3 is 2.00 bits per heavy atom. The Balaban J connectivity index is 2.90. The number of fused-ring (bicyclic) bond motifs is 2. The van der Waals surface area contributed by atoms with Gasteiger partial charge in [-0.15, -0.1) is 0 Å². The number of ether oxygens (including phenoxy) is 3. The molecule has 5 heteroatoms. The lowest BCUT2D eigenvalue weighted by Crippen LogP contribution is -2.72. The molecular formula is C29H46O5. The van der Waals surface area contributed by atoms with Crippen LogP contribution in [0.25, 0.3) is 0 Å². The molecule has 0 aromatic carbocycles. The van der Waals surface area contributed by atoms with Crippen LogP contribution in [-0.4, -0.2) is 44.1 Å². The van der Waals surface area contributed by atoms with Crippen molar-refractivity contribution >= 4 is 5.78 Å². The minimum atomic E-state index is -1.26. The smallest absolute Gasteiger partial charge is 0.191 e. The van der Waals surface area contributed by atoms with E-state index in [1.54, 1.807) is 21.3 Å². The number of methoxy groups -OCH3 is 3. The normalized spacial score (nSPS) is 30.0. The molecule has 0 unspecified atom stereocenters. The summed E-state index contributed by atoms with van der Waals surface area (Å²) >= 11 is 0. The first-order valence-electron chi connectivity index (χ1n) is 12.4. The molecule has 0 spiro atoms. The van der Waals surface area contributed by atoms with Gasteiger partial charge in [0.1, 0.15) is 5.76 Å². The molecule has 0 amide bonds. The highest BCUT2D eigenvalue weighted by molar-refractivity contribution is 6.01. The molecular weight excluding hydrogens is 428 g/mol. The molecule has 2 aliphatic carbocycles. The number of rotatable bonds is 10. The number of hydrogen-bond acceptors (Lipinski definition) is 5. The predicted octanol–water partition coefficient (Wildman–Crippen LogP) is 6.29. The highest BCUT2D eigenvalue weighted by Gasteiger charge is 2.74. The van der Waals surface area contributed by atoms with Gasteiger partial charge in [-0.2, -0.15) is 0 Å². The van der Waals surface area contributed by atoms with Crippen LogP contribution in [0.1, 0.15) is 80.6 Å². The second kappa shape index (κ2) is 10.9. The molecule has 4 atom stereocenters. The lowest BCUT2D eigenvalue weighted by atomic mass is 9.46. The van der Waals surface area contributed by atoms with Crippen molar-refractivity contribution in [2.24, 2.45) is 16.7 Å². The first-order valence-corrected chi connectivity index (χ1v) is 12.4. The summed E-state index contributed by atoms with van der Waals surface area (Å²) in [5, 5.41) is 11.7. The zero-order valence-electron chi connectivity index (χ0n) is 23.0. The Morgan fingerprint density at radius 1 is 0.971 bits per heavy atom. The first-order chi connectivity index (χ1) is 15.9. The Bertz CT molecular complexity index is 876. The van der Waals surface area contributed by atoms with Gasteiger partial charge in [0.05, 0.1) is 24.5 Å². The molecule has 2 rings (SSSR count). The fraction of sp³-hybridized carbons (Fsp3) is 0.690. The average molecular weight is 475 g/mol. The summed E-state index contributed by atoms with van der Waals surface area (Å²) in [6.07, 6.45) is 8.49. The Labute approximate surface area is 206 Å². The van der Waals surface area contributed by atoms with Crippen LogP contribution >= 0.6 is 0 Å². The second-order valence-electron chi connectivity index (χ2n) is 11.0. The number of carbonyl (C=O) groups is 1. The van der Waals surface area contributed by atoms with Gasteiger partial charge in [0, 0.05) is 25.2 Å². The van der Waals surface area contributed by atoms with Crippen LogP contribution in [-0.2, 0) is 19.0 Å². The summed E-state index contributed by atoms with van der Waals surface area (Å²) in [7, 11) is 4.84. The maximum Gasteiger partial charge on any atom is 0.191 e. The minimum absolute atomic E-state index is 0.0516. The van der Waals surface area contributed by atoms with E-state index in [1.807, 2.05) is 34.6 Å². The van der Waals surface area contributed by atoms with E-state index in [2.05, 4.69) is 32.1 Å². The van der Waals surface area contributed by atoms with Crippen molar-refractivity contribution in [3.05, 3.63) is 46.3 Å². The quantitative estimate of drug-likeness (QED) is 0.298. The van der Waals surface area contributed by atoms with Crippen molar-refractivity contribution in [3.8, 4) is 0 Å². The van der Waals surface area contributed by atoms with E-state index in [1.165, 1.54) is 5.57 Å². The molecule has 0 aliphatic heterocycles. The average Bonchev–Trinajstić information content (AvgIpc) is 2.76. The van der Waals surface area contributed by atoms with Gasteiger partial charge in [0.2, 0.25) is 0 Å². The van der Waals surface area contributed by atoms with E-state index in [0.29, 0.717) is 37.0 Å². The summed E-state index contributed by atoms with van der Waals surface area (Å²) in [5.41, 5.74) is 2.62. The first kappa shape index (κ1) is 28.5. The molecule has 1 saturated carbocycles. The van der Waals surface area contributed by atoms with Crippen LogP contribution < -0.4 is 0 Å². The summed E-state index contributed by atoms with van der Waals surface area (Å²) < 4.78 is 18.5. The Kier molecular flexibility index (Phi) is 9.17. The fourth-order valence-corrected chi connectivity index (χ4v) is 6.11. The molecule has 2 aliphatic rings. The van der Waals surface area contributed by atoms with E-state index in [0.717, 1.165) is 17.6 Å². The number of carbonyl (C=O) groups excluding carboxylic acids is 1.